The van der Waals surface area contributed by atoms with Gasteiger partial charge in [-0.1, -0.05) is 42.3 Å². The molecule has 0 aliphatic heterocycles. The maximum atomic E-state index is 12.5. The molecule has 174 valence electrons. The number of hydrogen-bond acceptors (Lipinski definition) is 6. The first kappa shape index (κ1) is 25.4. The van der Waals surface area contributed by atoms with E-state index in [1.807, 2.05) is 0 Å². The van der Waals surface area contributed by atoms with Gasteiger partial charge in [0.2, 0.25) is 0 Å². The van der Waals surface area contributed by atoms with Gasteiger partial charge in [-0.15, -0.1) is 0 Å². The summed E-state index contributed by atoms with van der Waals surface area (Å²) in [5.74, 6) is -0.155. The summed E-state index contributed by atoms with van der Waals surface area (Å²) in [5, 5.41) is 0.675. The smallest absolute Gasteiger partial charge is 0.179 e. The lowest BCUT2D eigenvalue weighted by Crippen LogP contribution is -2.09. The van der Waals surface area contributed by atoms with Gasteiger partial charge >= 0.3 is 0 Å². The van der Waals surface area contributed by atoms with Gasteiger partial charge in [0.15, 0.2) is 19.7 Å². The monoisotopic (exact) mass is 525 g/mol. The normalized spacial score (nSPS) is 12.0. The van der Waals surface area contributed by atoms with Gasteiger partial charge in [-0.05, 0) is 47.5 Å². The molecule has 0 aliphatic rings. The molecule has 2 aromatic carbocycles. The van der Waals surface area contributed by atoms with Gasteiger partial charge in [0.1, 0.15) is 5.78 Å². The van der Waals surface area contributed by atoms with Crippen LogP contribution in [0.4, 0.5) is 0 Å². The van der Waals surface area contributed by atoms with E-state index in [2.05, 4.69) is 4.98 Å². The number of pyridine rings is 1. The molecule has 0 amide bonds. The number of halogens is 2. The van der Waals surface area contributed by atoms with Gasteiger partial charge in [0.05, 0.1) is 25.6 Å². The molecule has 0 saturated carbocycles. The topological polar surface area (TPSA) is 98.2 Å². The molecule has 1 heterocycles. The van der Waals surface area contributed by atoms with Crippen molar-refractivity contribution in [3.8, 4) is 11.1 Å². The van der Waals surface area contributed by atoms with Crippen molar-refractivity contribution in [2.75, 3.05) is 12.0 Å². The molecule has 33 heavy (non-hydrogen) atoms. The summed E-state index contributed by atoms with van der Waals surface area (Å²) < 4.78 is 47.0. The van der Waals surface area contributed by atoms with Crippen LogP contribution in [-0.2, 0) is 37.3 Å². The second kappa shape index (κ2) is 9.93. The molecule has 0 N–H and O–H groups in total. The number of carbonyl (C=O) groups excluding carboxylic acids is 1. The highest BCUT2D eigenvalue weighted by molar-refractivity contribution is 7.91. The second-order valence-electron chi connectivity index (χ2n) is 7.51. The molecule has 0 spiro atoms. The fraction of sp³-hybridized carbons (Fsp3) is 0.217. The van der Waals surface area contributed by atoms with Crippen molar-refractivity contribution in [3.05, 3.63) is 76.0 Å². The molecule has 0 bridgehead atoms. The van der Waals surface area contributed by atoms with Crippen molar-refractivity contribution in [3.63, 3.8) is 0 Å². The third-order valence-corrected chi connectivity index (χ3v) is 8.43. The molecular weight excluding hydrogens is 505 g/mol. The Morgan fingerprint density at radius 3 is 1.94 bits per heavy atom. The first-order chi connectivity index (χ1) is 15.4. The first-order valence-corrected chi connectivity index (χ1v) is 14.2. The Kier molecular flexibility index (Phi) is 7.63. The third-order valence-electron chi connectivity index (χ3n) is 4.99. The Labute approximate surface area is 203 Å². The van der Waals surface area contributed by atoms with Crippen LogP contribution in [0.1, 0.15) is 18.2 Å². The van der Waals surface area contributed by atoms with Gasteiger partial charge in [-0.2, -0.15) is 0 Å². The zero-order valence-electron chi connectivity index (χ0n) is 17.9. The van der Waals surface area contributed by atoms with E-state index in [1.165, 1.54) is 30.5 Å². The molecule has 0 aliphatic carbocycles. The zero-order chi connectivity index (χ0) is 24.4. The number of benzene rings is 2. The largest absolute Gasteiger partial charge is 0.299 e. The predicted molar refractivity (Wildman–Crippen MR) is 129 cm³/mol. The van der Waals surface area contributed by atoms with Crippen LogP contribution in [0.2, 0.25) is 10.0 Å². The minimum absolute atomic E-state index is 0.0215. The van der Waals surface area contributed by atoms with E-state index in [0.29, 0.717) is 32.4 Å². The number of sulfone groups is 2. The van der Waals surface area contributed by atoms with Crippen LogP contribution >= 0.6 is 23.2 Å². The van der Waals surface area contributed by atoms with Crippen LogP contribution < -0.4 is 0 Å². The Morgan fingerprint density at radius 2 is 1.45 bits per heavy atom. The molecule has 0 fully saturated rings. The highest BCUT2D eigenvalue weighted by atomic mass is 35.5. The molecule has 1 aromatic heterocycles. The lowest BCUT2D eigenvalue weighted by molar-refractivity contribution is -0.117. The molecule has 0 unspecified atom stereocenters. The van der Waals surface area contributed by atoms with Gasteiger partial charge < -0.3 is 0 Å². The van der Waals surface area contributed by atoms with E-state index in [-0.39, 0.29) is 34.2 Å². The lowest BCUT2D eigenvalue weighted by atomic mass is 10.0. The van der Waals surface area contributed by atoms with Gasteiger partial charge in [0.25, 0.3) is 0 Å². The van der Waals surface area contributed by atoms with Crippen LogP contribution in [-0.4, -0.2) is 39.6 Å². The average Bonchev–Trinajstić information content (AvgIpc) is 2.73. The molecule has 0 saturated heterocycles. The van der Waals surface area contributed by atoms with E-state index in [4.69, 9.17) is 23.2 Å². The highest BCUT2D eigenvalue weighted by Gasteiger charge is 2.16. The number of aromatic nitrogens is 1. The van der Waals surface area contributed by atoms with Crippen LogP contribution in [0.5, 0.6) is 0 Å². The maximum absolute atomic E-state index is 12.5. The summed E-state index contributed by atoms with van der Waals surface area (Å²) in [5.41, 5.74) is 2.29. The molecule has 0 radical (unpaired) electrons. The summed E-state index contributed by atoms with van der Waals surface area (Å²) in [6.45, 7) is 1.55. The Hall–Kier alpha value is -2.26. The number of ketones is 1. The van der Waals surface area contributed by atoms with Crippen molar-refractivity contribution in [1.29, 1.82) is 0 Å². The maximum Gasteiger partial charge on any atom is 0.179 e. The van der Waals surface area contributed by atoms with E-state index in [9.17, 15) is 21.6 Å². The predicted octanol–water partition coefficient (Wildman–Crippen LogP) is 4.61. The summed E-state index contributed by atoms with van der Waals surface area (Å²) in [4.78, 5) is 16.9. The number of rotatable bonds is 8. The molecule has 6 nitrogen and oxygen atoms in total. The van der Waals surface area contributed by atoms with Gasteiger partial charge in [-0.3, -0.25) is 9.78 Å². The lowest BCUT2D eigenvalue weighted by Gasteiger charge is -2.11. The van der Waals surface area contributed by atoms with Gasteiger partial charge in [0, 0.05) is 36.6 Å². The highest BCUT2D eigenvalue weighted by Crippen LogP contribution is 2.36. The number of carbonyl (C=O) groups is 1. The molecular formula is C23H21Cl2NO5S2. The van der Waals surface area contributed by atoms with Crippen molar-refractivity contribution in [2.24, 2.45) is 0 Å². The average molecular weight is 526 g/mol. The van der Waals surface area contributed by atoms with Crippen molar-refractivity contribution >= 4 is 48.7 Å². The summed E-state index contributed by atoms with van der Waals surface area (Å²) >= 11 is 12.9. The number of hydrogen-bond donors (Lipinski definition) is 0. The van der Waals surface area contributed by atoms with Gasteiger partial charge in [-0.25, -0.2) is 16.8 Å². The zero-order valence-corrected chi connectivity index (χ0v) is 21.0. The van der Waals surface area contributed by atoms with Crippen molar-refractivity contribution < 1.29 is 21.6 Å². The summed E-state index contributed by atoms with van der Waals surface area (Å²) in [6.07, 6.45) is 2.50. The SMILES string of the molecule is CCS(=O)(=O)c1ccc(CC(=O)Cc2cc(Cl)c(-c3ccc(S(C)(=O)=O)cc3)c(Cl)c2)nc1. The molecule has 10 heteroatoms. The minimum atomic E-state index is -3.34. The quantitative estimate of drug-likeness (QED) is 0.425. The summed E-state index contributed by atoms with van der Waals surface area (Å²) in [7, 11) is -6.66. The van der Waals surface area contributed by atoms with Crippen LogP contribution in [0.25, 0.3) is 11.1 Å². The van der Waals surface area contributed by atoms with E-state index in [1.54, 1.807) is 31.2 Å². The molecule has 3 rings (SSSR count). The molecule has 3 aromatic rings. The van der Waals surface area contributed by atoms with Crippen LogP contribution in [0.15, 0.2) is 64.5 Å². The Morgan fingerprint density at radius 1 is 0.879 bits per heavy atom. The fourth-order valence-corrected chi connectivity index (χ4v) is 5.43. The first-order valence-electron chi connectivity index (χ1n) is 9.88. The second-order valence-corrected chi connectivity index (χ2v) is 12.6. The third kappa shape index (κ3) is 6.20. The number of nitrogens with zero attached hydrogens (tertiary/aromatic N) is 1. The Bertz CT molecular complexity index is 1380. The Balaban J connectivity index is 1.75. The van der Waals surface area contributed by atoms with E-state index in [0.717, 1.165) is 6.26 Å². The number of Topliss-reactive ketones (excluding diaryl/α,β-unsaturated/α-hetero) is 1. The summed E-state index contributed by atoms with van der Waals surface area (Å²) in [6, 6.07) is 12.5. The van der Waals surface area contributed by atoms with Crippen LogP contribution in [0, 0.1) is 0 Å². The van der Waals surface area contributed by atoms with Crippen molar-refractivity contribution in [1.82, 2.24) is 4.98 Å². The van der Waals surface area contributed by atoms with E-state index >= 15 is 0 Å². The standard InChI is InChI=1S/C23H21Cl2NO5S2/c1-3-33(30,31)20-9-6-17(26-14-20)13-18(27)10-15-11-21(24)23(22(25)12-15)16-4-7-19(8-5-16)32(2,28)29/h4-9,11-12,14H,3,10,13H2,1-2H3. The van der Waals surface area contributed by atoms with E-state index < -0.39 is 19.7 Å². The van der Waals surface area contributed by atoms with Crippen molar-refractivity contribution in [2.45, 2.75) is 29.6 Å². The van der Waals surface area contributed by atoms with Crippen LogP contribution in [0.3, 0.4) is 0 Å². The molecule has 0 atom stereocenters. The minimum Gasteiger partial charge on any atom is -0.299 e. The fourth-order valence-electron chi connectivity index (χ4n) is 3.23.